The Kier molecular flexibility index (Phi) is 3.52. The monoisotopic (exact) mass is 252 g/mol. The van der Waals surface area contributed by atoms with Gasteiger partial charge in [-0.1, -0.05) is 0 Å². The standard InChI is InChI=1S/C13H24N4O/c1-5-17-12(11(14)9(2)16-17)15-10-6-7-18-13(3,4)8-10/h10,15H,5-8,14H2,1-4H3. The molecule has 2 rings (SSSR count). The van der Waals surface area contributed by atoms with Crippen molar-refractivity contribution in [3.8, 4) is 0 Å². The summed E-state index contributed by atoms with van der Waals surface area (Å²) >= 11 is 0. The van der Waals surface area contributed by atoms with E-state index in [4.69, 9.17) is 10.5 Å². The highest BCUT2D eigenvalue weighted by atomic mass is 16.5. The summed E-state index contributed by atoms with van der Waals surface area (Å²) in [6, 6.07) is 0.400. The number of hydrogen-bond donors (Lipinski definition) is 2. The van der Waals surface area contributed by atoms with Crippen LogP contribution < -0.4 is 11.1 Å². The Morgan fingerprint density at radius 2 is 2.28 bits per heavy atom. The number of nitrogens with one attached hydrogen (secondary N) is 1. The summed E-state index contributed by atoms with van der Waals surface area (Å²) < 4.78 is 7.67. The van der Waals surface area contributed by atoms with Crippen molar-refractivity contribution in [1.29, 1.82) is 0 Å². The average Bonchev–Trinajstić information content (AvgIpc) is 2.55. The maximum Gasteiger partial charge on any atom is 0.148 e. The molecule has 0 amide bonds. The first kappa shape index (κ1) is 13.2. The summed E-state index contributed by atoms with van der Waals surface area (Å²) in [5, 5.41) is 7.97. The van der Waals surface area contributed by atoms with E-state index in [2.05, 4.69) is 31.2 Å². The zero-order valence-corrected chi connectivity index (χ0v) is 11.8. The lowest BCUT2D eigenvalue weighted by atomic mass is 9.94. The van der Waals surface area contributed by atoms with Gasteiger partial charge in [0.05, 0.1) is 17.0 Å². The molecule has 1 unspecified atom stereocenters. The van der Waals surface area contributed by atoms with Gasteiger partial charge in [0.2, 0.25) is 0 Å². The molecule has 5 heteroatoms. The Morgan fingerprint density at radius 3 is 2.89 bits per heavy atom. The summed E-state index contributed by atoms with van der Waals surface area (Å²) in [7, 11) is 0. The van der Waals surface area contributed by atoms with Gasteiger partial charge in [0.25, 0.3) is 0 Å². The largest absolute Gasteiger partial charge is 0.394 e. The van der Waals surface area contributed by atoms with E-state index in [1.54, 1.807) is 0 Å². The third kappa shape index (κ3) is 2.61. The zero-order valence-electron chi connectivity index (χ0n) is 11.8. The van der Waals surface area contributed by atoms with Gasteiger partial charge in [-0.2, -0.15) is 5.10 Å². The van der Waals surface area contributed by atoms with Gasteiger partial charge in [-0.3, -0.25) is 0 Å². The van der Waals surface area contributed by atoms with Gasteiger partial charge < -0.3 is 15.8 Å². The molecule has 0 saturated carbocycles. The number of nitrogens with two attached hydrogens (primary N) is 1. The second-order valence-electron chi connectivity index (χ2n) is 5.61. The van der Waals surface area contributed by atoms with Crippen LogP contribution in [0.25, 0.3) is 0 Å². The van der Waals surface area contributed by atoms with E-state index in [0.29, 0.717) is 6.04 Å². The fourth-order valence-corrected chi connectivity index (χ4v) is 2.52. The van der Waals surface area contributed by atoms with Crippen LogP contribution >= 0.6 is 0 Å². The summed E-state index contributed by atoms with van der Waals surface area (Å²) in [5.74, 6) is 0.956. The summed E-state index contributed by atoms with van der Waals surface area (Å²) in [4.78, 5) is 0. The predicted octanol–water partition coefficient (Wildman–Crippen LogP) is 2.16. The van der Waals surface area contributed by atoms with Gasteiger partial charge in [0.1, 0.15) is 5.82 Å². The lowest BCUT2D eigenvalue weighted by Crippen LogP contribution is -2.40. The fraction of sp³-hybridized carbons (Fsp3) is 0.769. The smallest absolute Gasteiger partial charge is 0.148 e. The lowest BCUT2D eigenvalue weighted by Gasteiger charge is -2.36. The zero-order chi connectivity index (χ0) is 13.3. The van der Waals surface area contributed by atoms with E-state index in [1.807, 2.05) is 11.6 Å². The lowest BCUT2D eigenvalue weighted by molar-refractivity contribution is -0.0553. The highest BCUT2D eigenvalue weighted by Crippen LogP contribution is 2.29. The minimum absolute atomic E-state index is 0.0587. The molecule has 0 radical (unpaired) electrons. The Labute approximate surface area is 109 Å². The number of aromatic nitrogens is 2. The molecule has 0 aromatic carbocycles. The molecule has 1 saturated heterocycles. The van der Waals surface area contributed by atoms with Crippen molar-refractivity contribution in [3.05, 3.63) is 5.69 Å². The SMILES string of the molecule is CCn1nc(C)c(N)c1NC1CCOC(C)(C)C1. The molecule has 18 heavy (non-hydrogen) atoms. The average molecular weight is 252 g/mol. The van der Waals surface area contributed by atoms with Crippen molar-refractivity contribution < 1.29 is 4.74 Å². The molecule has 0 spiro atoms. The van der Waals surface area contributed by atoms with Gasteiger partial charge in [-0.25, -0.2) is 4.68 Å². The summed E-state index contributed by atoms with van der Waals surface area (Å²) in [6.45, 7) is 9.90. The van der Waals surface area contributed by atoms with E-state index < -0.39 is 0 Å². The molecule has 1 aromatic rings. The number of ether oxygens (including phenoxy) is 1. The molecular weight excluding hydrogens is 228 g/mol. The first-order valence-corrected chi connectivity index (χ1v) is 6.66. The van der Waals surface area contributed by atoms with Gasteiger partial charge >= 0.3 is 0 Å². The number of aryl methyl sites for hydroxylation is 2. The second-order valence-corrected chi connectivity index (χ2v) is 5.61. The molecule has 0 bridgehead atoms. The highest BCUT2D eigenvalue weighted by Gasteiger charge is 2.29. The summed E-state index contributed by atoms with van der Waals surface area (Å²) in [6.07, 6.45) is 2.00. The topological polar surface area (TPSA) is 65.1 Å². The first-order chi connectivity index (χ1) is 8.43. The van der Waals surface area contributed by atoms with Crippen molar-refractivity contribution in [1.82, 2.24) is 9.78 Å². The Bertz CT molecular complexity index is 425. The van der Waals surface area contributed by atoms with Crippen molar-refractivity contribution in [2.45, 2.75) is 58.7 Å². The molecule has 1 aliphatic rings. The third-order valence-electron chi connectivity index (χ3n) is 3.51. The maximum atomic E-state index is 6.09. The normalized spacial score (nSPS) is 23.0. The molecule has 5 nitrogen and oxygen atoms in total. The minimum Gasteiger partial charge on any atom is -0.394 e. The van der Waals surface area contributed by atoms with Crippen LogP contribution in [0.2, 0.25) is 0 Å². The molecule has 1 aromatic heterocycles. The van der Waals surface area contributed by atoms with E-state index in [1.165, 1.54) is 0 Å². The van der Waals surface area contributed by atoms with Crippen LogP contribution in [0.4, 0.5) is 11.5 Å². The van der Waals surface area contributed by atoms with E-state index in [0.717, 1.165) is 43.2 Å². The van der Waals surface area contributed by atoms with Crippen molar-refractivity contribution in [3.63, 3.8) is 0 Å². The minimum atomic E-state index is -0.0587. The molecule has 2 heterocycles. The number of rotatable bonds is 3. The van der Waals surface area contributed by atoms with Gasteiger partial charge in [0, 0.05) is 19.2 Å². The van der Waals surface area contributed by atoms with Crippen LogP contribution in [0, 0.1) is 6.92 Å². The van der Waals surface area contributed by atoms with Gasteiger partial charge in [-0.05, 0) is 40.5 Å². The van der Waals surface area contributed by atoms with Crippen LogP contribution in [-0.4, -0.2) is 28.0 Å². The molecule has 3 N–H and O–H groups in total. The van der Waals surface area contributed by atoms with Crippen molar-refractivity contribution in [2.75, 3.05) is 17.7 Å². The van der Waals surface area contributed by atoms with E-state index >= 15 is 0 Å². The fourth-order valence-electron chi connectivity index (χ4n) is 2.52. The molecule has 0 aliphatic carbocycles. The number of anilines is 2. The number of nitrogens with zero attached hydrogens (tertiary/aromatic N) is 2. The molecule has 1 fully saturated rings. The van der Waals surface area contributed by atoms with Crippen LogP contribution in [0.5, 0.6) is 0 Å². The predicted molar refractivity (Wildman–Crippen MR) is 73.7 cm³/mol. The number of hydrogen-bond acceptors (Lipinski definition) is 4. The maximum absolute atomic E-state index is 6.09. The van der Waals surface area contributed by atoms with Gasteiger partial charge in [0.15, 0.2) is 0 Å². The van der Waals surface area contributed by atoms with Crippen LogP contribution in [0.1, 0.15) is 39.3 Å². The van der Waals surface area contributed by atoms with Crippen LogP contribution in [0.3, 0.4) is 0 Å². The Hall–Kier alpha value is -1.23. The van der Waals surface area contributed by atoms with Gasteiger partial charge in [-0.15, -0.1) is 0 Å². The molecule has 1 aliphatic heterocycles. The molecule has 102 valence electrons. The number of nitrogen functional groups attached to an aromatic ring is 1. The van der Waals surface area contributed by atoms with Crippen molar-refractivity contribution in [2.24, 2.45) is 0 Å². The Balaban J connectivity index is 2.14. The summed E-state index contributed by atoms with van der Waals surface area (Å²) in [5.41, 5.74) is 7.69. The van der Waals surface area contributed by atoms with Crippen LogP contribution in [0.15, 0.2) is 0 Å². The van der Waals surface area contributed by atoms with E-state index in [-0.39, 0.29) is 5.60 Å². The quantitative estimate of drug-likeness (QED) is 0.865. The molecule has 1 atom stereocenters. The molecular formula is C13H24N4O. The second kappa shape index (κ2) is 4.80. The highest BCUT2D eigenvalue weighted by molar-refractivity contribution is 5.65. The van der Waals surface area contributed by atoms with E-state index in [9.17, 15) is 0 Å². The van der Waals surface area contributed by atoms with Crippen molar-refractivity contribution >= 4 is 11.5 Å². The Morgan fingerprint density at radius 1 is 1.56 bits per heavy atom. The third-order valence-corrected chi connectivity index (χ3v) is 3.51. The van der Waals surface area contributed by atoms with Crippen LogP contribution in [-0.2, 0) is 11.3 Å². The first-order valence-electron chi connectivity index (χ1n) is 6.66.